The number of nitrogens with zero attached hydrogens (tertiary/aromatic N) is 2. The fourth-order valence-electron chi connectivity index (χ4n) is 2.95. The molecule has 0 aliphatic carbocycles. The van der Waals surface area contributed by atoms with Crippen molar-refractivity contribution < 1.29 is 9.59 Å². The van der Waals surface area contributed by atoms with Gasteiger partial charge in [-0.05, 0) is 80.0 Å². The standard InChI is InChI=1S/C22H24BrN5O2/c1-13(2)24-22(30)26-19-8-6-5-7-18(19)25-21(29)16-9-11-17(12-10-16)28-15(4)20(23)14(3)27-28/h5-13H,1-4H3,(H,25,29)(H2,24,26,30). The van der Waals surface area contributed by atoms with E-state index in [1.54, 1.807) is 36.4 Å². The van der Waals surface area contributed by atoms with Gasteiger partial charge in [0.25, 0.3) is 5.91 Å². The second-order valence-electron chi connectivity index (χ2n) is 7.20. The zero-order valence-electron chi connectivity index (χ0n) is 17.3. The Balaban J connectivity index is 1.75. The van der Waals surface area contributed by atoms with Crippen LogP contribution >= 0.6 is 15.9 Å². The van der Waals surface area contributed by atoms with Gasteiger partial charge in [0, 0.05) is 11.6 Å². The monoisotopic (exact) mass is 469 g/mol. The van der Waals surface area contributed by atoms with E-state index in [0.29, 0.717) is 16.9 Å². The van der Waals surface area contributed by atoms with Crippen LogP contribution in [0.2, 0.25) is 0 Å². The summed E-state index contributed by atoms with van der Waals surface area (Å²) in [7, 11) is 0. The maximum atomic E-state index is 12.7. The lowest BCUT2D eigenvalue weighted by molar-refractivity contribution is 0.102. The molecule has 7 nitrogen and oxygen atoms in total. The first-order chi connectivity index (χ1) is 14.3. The van der Waals surface area contributed by atoms with Gasteiger partial charge >= 0.3 is 6.03 Å². The smallest absolute Gasteiger partial charge is 0.319 e. The van der Waals surface area contributed by atoms with Crippen LogP contribution in [0.5, 0.6) is 0 Å². The number of urea groups is 1. The lowest BCUT2D eigenvalue weighted by atomic mass is 10.1. The van der Waals surface area contributed by atoms with Crippen LogP contribution in [-0.4, -0.2) is 27.8 Å². The Morgan fingerprint density at radius 2 is 1.57 bits per heavy atom. The van der Waals surface area contributed by atoms with E-state index in [-0.39, 0.29) is 18.0 Å². The summed E-state index contributed by atoms with van der Waals surface area (Å²) < 4.78 is 2.79. The van der Waals surface area contributed by atoms with Gasteiger partial charge in [-0.25, -0.2) is 9.48 Å². The van der Waals surface area contributed by atoms with Crippen molar-refractivity contribution in [2.24, 2.45) is 0 Å². The molecule has 1 heterocycles. The highest BCUT2D eigenvalue weighted by Crippen LogP contribution is 2.24. The van der Waals surface area contributed by atoms with E-state index < -0.39 is 0 Å². The van der Waals surface area contributed by atoms with E-state index in [1.807, 2.05) is 44.5 Å². The summed E-state index contributed by atoms with van der Waals surface area (Å²) in [6, 6.07) is 13.9. The number of aromatic nitrogens is 2. The number of halogens is 1. The van der Waals surface area contributed by atoms with Crippen molar-refractivity contribution in [1.29, 1.82) is 0 Å². The number of nitrogens with one attached hydrogen (secondary N) is 3. The van der Waals surface area contributed by atoms with Crippen LogP contribution < -0.4 is 16.0 Å². The Hall–Kier alpha value is -3.13. The topological polar surface area (TPSA) is 88.1 Å². The molecule has 3 rings (SSSR count). The van der Waals surface area contributed by atoms with Crippen molar-refractivity contribution in [2.75, 3.05) is 10.6 Å². The molecule has 2 aromatic carbocycles. The van der Waals surface area contributed by atoms with Crippen molar-refractivity contribution in [3.8, 4) is 5.69 Å². The van der Waals surface area contributed by atoms with E-state index in [0.717, 1.165) is 21.5 Å². The maximum Gasteiger partial charge on any atom is 0.319 e. The number of amides is 3. The summed E-state index contributed by atoms with van der Waals surface area (Å²) in [6.45, 7) is 7.66. The molecule has 0 aliphatic rings. The number of hydrogen-bond donors (Lipinski definition) is 3. The summed E-state index contributed by atoms with van der Waals surface area (Å²) in [5.41, 5.74) is 4.30. The molecular weight excluding hydrogens is 446 g/mol. The molecule has 0 saturated carbocycles. The zero-order chi connectivity index (χ0) is 21.8. The summed E-state index contributed by atoms with van der Waals surface area (Å²) in [5, 5.41) is 12.9. The van der Waals surface area contributed by atoms with Gasteiger partial charge in [0.2, 0.25) is 0 Å². The number of rotatable bonds is 5. The van der Waals surface area contributed by atoms with Crippen LogP contribution in [0.4, 0.5) is 16.2 Å². The molecular formula is C22H24BrN5O2. The average Bonchev–Trinajstić information content (AvgIpc) is 2.96. The third-order valence-corrected chi connectivity index (χ3v) is 5.57. The molecule has 156 valence electrons. The van der Waals surface area contributed by atoms with Gasteiger partial charge in [0.1, 0.15) is 0 Å². The average molecular weight is 470 g/mol. The number of carbonyl (C=O) groups excluding carboxylic acids is 2. The number of hydrogen-bond acceptors (Lipinski definition) is 3. The Morgan fingerprint density at radius 3 is 2.10 bits per heavy atom. The van der Waals surface area contributed by atoms with Crippen molar-refractivity contribution in [3.63, 3.8) is 0 Å². The predicted octanol–water partition coefficient (Wildman–Crippen LogP) is 5.03. The molecule has 0 bridgehead atoms. The maximum absolute atomic E-state index is 12.7. The Labute approximate surface area is 184 Å². The predicted molar refractivity (Wildman–Crippen MR) is 122 cm³/mol. The van der Waals surface area contributed by atoms with Crippen molar-refractivity contribution >= 4 is 39.2 Å². The van der Waals surface area contributed by atoms with Crippen molar-refractivity contribution in [2.45, 2.75) is 33.7 Å². The summed E-state index contributed by atoms with van der Waals surface area (Å²) in [6.07, 6.45) is 0. The number of para-hydroxylation sites is 2. The van der Waals surface area contributed by atoms with Gasteiger partial charge in [-0.3, -0.25) is 4.79 Å². The molecule has 3 N–H and O–H groups in total. The quantitative estimate of drug-likeness (QED) is 0.489. The first-order valence-corrected chi connectivity index (χ1v) is 10.4. The molecule has 3 amide bonds. The fraction of sp³-hybridized carbons (Fsp3) is 0.227. The Bertz CT molecular complexity index is 1070. The van der Waals surface area contributed by atoms with Gasteiger partial charge in [-0.2, -0.15) is 5.10 Å². The molecule has 0 atom stereocenters. The van der Waals surface area contributed by atoms with Crippen LogP contribution in [0, 0.1) is 13.8 Å². The second-order valence-corrected chi connectivity index (χ2v) is 7.99. The first-order valence-electron chi connectivity index (χ1n) is 9.56. The second kappa shape index (κ2) is 9.13. The van der Waals surface area contributed by atoms with Crippen LogP contribution in [0.25, 0.3) is 5.69 Å². The normalized spacial score (nSPS) is 10.7. The van der Waals surface area contributed by atoms with E-state index in [4.69, 9.17) is 0 Å². The van der Waals surface area contributed by atoms with Crippen LogP contribution in [0.3, 0.4) is 0 Å². The molecule has 8 heteroatoms. The molecule has 1 aromatic heterocycles. The fourth-order valence-corrected chi connectivity index (χ4v) is 3.19. The Morgan fingerprint density at radius 1 is 0.967 bits per heavy atom. The lowest BCUT2D eigenvalue weighted by Gasteiger charge is -2.14. The van der Waals surface area contributed by atoms with E-state index in [9.17, 15) is 9.59 Å². The SMILES string of the molecule is Cc1nn(-c2ccc(C(=O)Nc3ccccc3NC(=O)NC(C)C)cc2)c(C)c1Br. The van der Waals surface area contributed by atoms with E-state index >= 15 is 0 Å². The number of anilines is 2. The van der Waals surface area contributed by atoms with E-state index in [2.05, 4.69) is 37.0 Å². The van der Waals surface area contributed by atoms with Crippen LogP contribution in [0.15, 0.2) is 53.0 Å². The Kier molecular flexibility index (Phi) is 6.56. The van der Waals surface area contributed by atoms with E-state index in [1.165, 1.54) is 0 Å². The highest BCUT2D eigenvalue weighted by molar-refractivity contribution is 9.10. The third kappa shape index (κ3) is 4.88. The van der Waals surface area contributed by atoms with Gasteiger partial charge in [0.15, 0.2) is 0 Å². The number of benzene rings is 2. The minimum atomic E-state index is -0.327. The summed E-state index contributed by atoms with van der Waals surface area (Å²) in [4.78, 5) is 24.7. The molecule has 0 unspecified atom stereocenters. The third-order valence-electron chi connectivity index (χ3n) is 4.42. The minimum absolute atomic E-state index is 0.00750. The van der Waals surface area contributed by atoms with Crippen molar-refractivity contribution in [3.05, 3.63) is 70.0 Å². The minimum Gasteiger partial charge on any atom is -0.336 e. The summed E-state index contributed by atoms with van der Waals surface area (Å²) >= 11 is 3.53. The highest BCUT2D eigenvalue weighted by Gasteiger charge is 2.13. The number of carbonyl (C=O) groups is 2. The molecule has 0 spiro atoms. The highest BCUT2D eigenvalue weighted by atomic mass is 79.9. The lowest BCUT2D eigenvalue weighted by Crippen LogP contribution is -2.34. The number of aryl methyl sites for hydroxylation is 1. The van der Waals surface area contributed by atoms with Gasteiger partial charge in [-0.1, -0.05) is 12.1 Å². The molecule has 0 aliphatic heterocycles. The molecule has 0 saturated heterocycles. The van der Waals surface area contributed by atoms with Crippen LogP contribution in [-0.2, 0) is 0 Å². The molecule has 3 aromatic rings. The van der Waals surface area contributed by atoms with Gasteiger partial charge in [0.05, 0.1) is 32.9 Å². The molecule has 0 fully saturated rings. The summed E-state index contributed by atoms with van der Waals surface area (Å²) in [5.74, 6) is -0.269. The van der Waals surface area contributed by atoms with Gasteiger partial charge in [-0.15, -0.1) is 0 Å². The van der Waals surface area contributed by atoms with Crippen molar-refractivity contribution in [1.82, 2.24) is 15.1 Å². The molecule has 30 heavy (non-hydrogen) atoms. The largest absolute Gasteiger partial charge is 0.336 e. The molecule has 0 radical (unpaired) electrons. The first kappa shape index (κ1) is 21.6. The van der Waals surface area contributed by atoms with Crippen LogP contribution in [0.1, 0.15) is 35.6 Å². The van der Waals surface area contributed by atoms with Gasteiger partial charge < -0.3 is 16.0 Å². The zero-order valence-corrected chi connectivity index (χ0v) is 18.9.